The summed E-state index contributed by atoms with van der Waals surface area (Å²) in [6, 6.07) is 0. The second-order valence-electron chi connectivity index (χ2n) is 2.35. The Hall–Kier alpha value is -0.330. The van der Waals surface area contributed by atoms with Crippen molar-refractivity contribution >= 4 is 5.78 Å². The van der Waals surface area contributed by atoms with Gasteiger partial charge in [-0.05, 0) is 19.3 Å². The number of carbonyl (C=O) groups is 1. The maximum absolute atomic E-state index is 10.3. The first-order chi connectivity index (χ1) is 3.63. The molecule has 0 aromatic carbocycles. The van der Waals surface area contributed by atoms with Gasteiger partial charge in [-0.2, -0.15) is 0 Å². The van der Waals surface area contributed by atoms with E-state index in [4.69, 9.17) is 0 Å². The highest BCUT2D eigenvalue weighted by molar-refractivity contribution is 5.75. The quantitative estimate of drug-likeness (QED) is 0.545. The standard InChI is InChI=1S/C7H13O/c1-6(2)4-5-7(3)8/h6H,1,4-5H2,2-3H3. The molecule has 1 heteroatoms. The first-order valence-electron chi connectivity index (χ1n) is 2.95. The lowest BCUT2D eigenvalue weighted by molar-refractivity contribution is -0.117. The maximum Gasteiger partial charge on any atom is 0.129 e. The van der Waals surface area contributed by atoms with Crippen LogP contribution in [0.15, 0.2) is 0 Å². The van der Waals surface area contributed by atoms with E-state index in [2.05, 4.69) is 6.92 Å². The molecule has 0 aromatic rings. The summed E-state index contributed by atoms with van der Waals surface area (Å²) < 4.78 is 0. The van der Waals surface area contributed by atoms with Gasteiger partial charge in [0.25, 0.3) is 0 Å². The SMILES string of the molecule is [CH2]C(C)CCC(C)=O. The van der Waals surface area contributed by atoms with Gasteiger partial charge in [0.2, 0.25) is 0 Å². The number of hydrogen-bond donors (Lipinski definition) is 0. The second kappa shape index (κ2) is 3.65. The molecule has 47 valence electrons. The fourth-order valence-electron chi connectivity index (χ4n) is 0.450. The Kier molecular flexibility index (Phi) is 3.49. The molecule has 0 aliphatic rings. The normalized spacial score (nSPS) is 10.0. The van der Waals surface area contributed by atoms with E-state index in [1.807, 2.05) is 6.92 Å². The van der Waals surface area contributed by atoms with Crippen LogP contribution < -0.4 is 0 Å². The minimum atomic E-state index is 0.264. The molecule has 0 aliphatic carbocycles. The minimum absolute atomic E-state index is 0.264. The van der Waals surface area contributed by atoms with Crippen molar-refractivity contribution in [3.8, 4) is 0 Å². The molecule has 8 heavy (non-hydrogen) atoms. The Morgan fingerprint density at radius 1 is 1.75 bits per heavy atom. The topological polar surface area (TPSA) is 17.1 Å². The predicted octanol–water partition coefficient (Wildman–Crippen LogP) is 1.83. The molecule has 1 nitrogen and oxygen atoms in total. The van der Waals surface area contributed by atoms with Crippen LogP contribution in [0.4, 0.5) is 0 Å². The van der Waals surface area contributed by atoms with Crippen LogP contribution in [0.1, 0.15) is 26.7 Å². The van der Waals surface area contributed by atoms with Gasteiger partial charge in [-0.25, -0.2) is 0 Å². The van der Waals surface area contributed by atoms with Crippen LogP contribution >= 0.6 is 0 Å². The molecule has 1 unspecified atom stereocenters. The van der Waals surface area contributed by atoms with Gasteiger partial charge in [0.15, 0.2) is 0 Å². The van der Waals surface area contributed by atoms with Crippen LogP contribution in [0.25, 0.3) is 0 Å². The predicted molar refractivity (Wildman–Crippen MR) is 34.4 cm³/mol. The van der Waals surface area contributed by atoms with Crippen LogP contribution in [-0.4, -0.2) is 5.78 Å². The molecular formula is C7H13O. The smallest absolute Gasteiger partial charge is 0.129 e. The van der Waals surface area contributed by atoms with Gasteiger partial charge in [-0.1, -0.05) is 13.8 Å². The Bertz CT molecular complexity index is 74.5. The molecule has 1 atom stereocenters. The van der Waals surface area contributed by atoms with E-state index in [0.717, 1.165) is 6.42 Å². The number of rotatable bonds is 3. The van der Waals surface area contributed by atoms with E-state index < -0.39 is 0 Å². The van der Waals surface area contributed by atoms with Gasteiger partial charge in [-0.3, -0.25) is 0 Å². The van der Waals surface area contributed by atoms with Gasteiger partial charge >= 0.3 is 0 Å². The highest BCUT2D eigenvalue weighted by Crippen LogP contribution is 2.02. The largest absolute Gasteiger partial charge is 0.300 e. The van der Waals surface area contributed by atoms with Crippen LogP contribution in [-0.2, 0) is 4.79 Å². The van der Waals surface area contributed by atoms with E-state index in [-0.39, 0.29) is 5.78 Å². The molecule has 0 saturated heterocycles. The molecule has 1 radical (unpaired) electrons. The molecule has 0 N–H and O–H groups in total. The monoisotopic (exact) mass is 113 g/mol. The molecule has 0 spiro atoms. The Balaban J connectivity index is 3.05. The summed E-state index contributed by atoms with van der Waals surface area (Å²) in [4.78, 5) is 10.3. The third kappa shape index (κ3) is 5.67. The fourth-order valence-corrected chi connectivity index (χ4v) is 0.450. The van der Waals surface area contributed by atoms with Crippen molar-refractivity contribution in [2.24, 2.45) is 5.92 Å². The summed E-state index contributed by atoms with van der Waals surface area (Å²) in [6.07, 6.45) is 1.61. The highest BCUT2D eigenvalue weighted by Gasteiger charge is 1.95. The van der Waals surface area contributed by atoms with Crippen LogP contribution in [0, 0.1) is 12.8 Å². The van der Waals surface area contributed by atoms with Gasteiger partial charge in [-0.15, -0.1) is 0 Å². The minimum Gasteiger partial charge on any atom is -0.300 e. The summed E-state index contributed by atoms with van der Waals surface area (Å²) in [5.41, 5.74) is 0. The van der Waals surface area contributed by atoms with Crippen molar-refractivity contribution in [2.75, 3.05) is 0 Å². The molecule has 0 rings (SSSR count). The van der Waals surface area contributed by atoms with Gasteiger partial charge in [0.05, 0.1) is 0 Å². The van der Waals surface area contributed by atoms with Gasteiger partial charge in [0, 0.05) is 6.42 Å². The average molecular weight is 113 g/mol. The van der Waals surface area contributed by atoms with Crippen LogP contribution in [0.5, 0.6) is 0 Å². The summed E-state index contributed by atoms with van der Waals surface area (Å²) in [6.45, 7) is 7.39. The maximum atomic E-state index is 10.3. The van der Waals surface area contributed by atoms with E-state index in [0.29, 0.717) is 12.3 Å². The van der Waals surface area contributed by atoms with Gasteiger partial charge < -0.3 is 4.79 Å². The zero-order valence-electron chi connectivity index (χ0n) is 5.61. The van der Waals surface area contributed by atoms with Crippen molar-refractivity contribution < 1.29 is 4.79 Å². The van der Waals surface area contributed by atoms with Crippen molar-refractivity contribution in [3.05, 3.63) is 6.92 Å². The number of Topliss-reactive ketones (excluding diaryl/α,β-unsaturated/α-hetero) is 1. The lowest BCUT2D eigenvalue weighted by atomic mass is 10.1. The third-order valence-electron chi connectivity index (χ3n) is 0.989. The number of hydrogen-bond acceptors (Lipinski definition) is 1. The molecule has 0 saturated carbocycles. The summed E-state index contributed by atoms with van der Waals surface area (Å²) >= 11 is 0. The van der Waals surface area contributed by atoms with Crippen molar-refractivity contribution in [3.63, 3.8) is 0 Å². The summed E-state index contributed by atoms with van der Waals surface area (Å²) in [5, 5.41) is 0. The average Bonchev–Trinajstić information content (AvgIpc) is 1.61. The summed E-state index contributed by atoms with van der Waals surface area (Å²) in [7, 11) is 0. The Labute approximate surface area is 51.1 Å². The van der Waals surface area contributed by atoms with Gasteiger partial charge in [0.1, 0.15) is 5.78 Å². The number of carbonyl (C=O) groups excluding carboxylic acids is 1. The van der Waals surface area contributed by atoms with E-state index in [9.17, 15) is 4.79 Å². The molecule has 0 aliphatic heterocycles. The van der Waals surface area contributed by atoms with Crippen molar-refractivity contribution in [1.29, 1.82) is 0 Å². The molecule has 0 bridgehead atoms. The first kappa shape index (κ1) is 7.67. The highest BCUT2D eigenvalue weighted by atomic mass is 16.1. The first-order valence-corrected chi connectivity index (χ1v) is 2.95. The summed E-state index contributed by atoms with van der Waals surface area (Å²) in [5.74, 6) is 0.680. The lowest BCUT2D eigenvalue weighted by Gasteiger charge is -1.98. The zero-order chi connectivity index (χ0) is 6.57. The molecular weight excluding hydrogens is 100 g/mol. The van der Waals surface area contributed by atoms with E-state index in [1.165, 1.54) is 0 Å². The fraction of sp³-hybridized carbons (Fsp3) is 0.714. The van der Waals surface area contributed by atoms with Crippen molar-refractivity contribution in [2.45, 2.75) is 26.7 Å². The van der Waals surface area contributed by atoms with Crippen molar-refractivity contribution in [1.82, 2.24) is 0 Å². The van der Waals surface area contributed by atoms with E-state index >= 15 is 0 Å². The third-order valence-corrected chi connectivity index (χ3v) is 0.989. The Morgan fingerprint density at radius 3 is 2.38 bits per heavy atom. The molecule has 0 fully saturated rings. The molecule has 0 amide bonds. The Morgan fingerprint density at radius 2 is 2.25 bits per heavy atom. The second-order valence-corrected chi connectivity index (χ2v) is 2.35. The van der Waals surface area contributed by atoms with E-state index in [1.54, 1.807) is 6.92 Å². The lowest BCUT2D eigenvalue weighted by Crippen LogP contribution is -1.93. The number of ketones is 1. The molecule has 0 aromatic heterocycles. The molecule has 0 heterocycles. The van der Waals surface area contributed by atoms with Crippen LogP contribution in [0.3, 0.4) is 0 Å². The van der Waals surface area contributed by atoms with Crippen LogP contribution in [0.2, 0.25) is 0 Å². The zero-order valence-corrected chi connectivity index (χ0v) is 5.61.